The molecule has 0 spiro atoms. The summed E-state index contributed by atoms with van der Waals surface area (Å²) in [7, 11) is 0. The van der Waals surface area contributed by atoms with Crippen molar-refractivity contribution >= 4 is 21.8 Å². The van der Waals surface area contributed by atoms with E-state index in [2.05, 4.69) is 26.6 Å². The number of carbonyl (C=O) groups excluding carboxylic acids is 1. The molecule has 1 atom stereocenters. The van der Waals surface area contributed by atoms with Gasteiger partial charge in [0.25, 0.3) is 5.91 Å². The van der Waals surface area contributed by atoms with E-state index in [-0.39, 0.29) is 17.7 Å². The van der Waals surface area contributed by atoms with E-state index in [0.29, 0.717) is 5.56 Å². The van der Waals surface area contributed by atoms with Crippen molar-refractivity contribution in [2.24, 2.45) is 0 Å². The van der Waals surface area contributed by atoms with Gasteiger partial charge in [-0.1, -0.05) is 15.9 Å². The van der Waals surface area contributed by atoms with Gasteiger partial charge in [-0.15, -0.1) is 0 Å². The molecule has 3 N–H and O–H groups in total. The number of amides is 1. The van der Waals surface area contributed by atoms with Gasteiger partial charge >= 0.3 is 0 Å². The van der Waals surface area contributed by atoms with Gasteiger partial charge in [-0.05, 0) is 37.6 Å². The Labute approximate surface area is 109 Å². The van der Waals surface area contributed by atoms with Crippen molar-refractivity contribution in [1.82, 2.24) is 10.6 Å². The van der Waals surface area contributed by atoms with Crippen LogP contribution in [0.5, 0.6) is 5.75 Å². The maximum absolute atomic E-state index is 11.9. The second-order valence-corrected chi connectivity index (χ2v) is 5.09. The molecule has 0 bridgehead atoms. The summed E-state index contributed by atoms with van der Waals surface area (Å²) in [6.45, 7) is 1.80. The van der Waals surface area contributed by atoms with Crippen molar-refractivity contribution in [3.8, 4) is 5.75 Å². The van der Waals surface area contributed by atoms with Crippen molar-refractivity contribution in [3.05, 3.63) is 28.2 Å². The highest BCUT2D eigenvalue weighted by atomic mass is 79.9. The molecule has 1 aromatic rings. The second kappa shape index (κ2) is 5.51. The molecule has 1 saturated heterocycles. The summed E-state index contributed by atoms with van der Waals surface area (Å²) in [5, 5.41) is 15.8. The minimum atomic E-state index is -0.219. The van der Waals surface area contributed by atoms with Gasteiger partial charge in [-0.3, -0.25) is 4.79 Å². The smallest absolute Gasteiger partial charge is 0.255 e. The molecule has 1 aliphatic rings. The van der Waals surface area contributed by atoms with Gasteiger partial charge in [0.1, 0.15) is 5.75 Å². The third kappa shape index (κ3) is 3.20. The minimum absolute atomic E-state index is 0.000596. The first kappa shape index (κ1) is 12.4. The number of hydrogen-bond donors (Lipinski definition) is 3. The quantitative estimate of drug-likeness (QED) is 0.778. The second-order valence-electron chi connectivity index (χ2n) is 4.18. The molecular weight excluding hydrogens is 284 g/mol. The first-order valence-electron chi connectivity index (χ1n) is 5.67. The highest BCUT2D eigenvalue weighted by Gasteiger charge is 2.18. The van der Waals surface area contributed by atoms with Crippen molar-refractivity contribution in [2.45, 2.75) is 18.9 Å². The fourth-order valence-corrected chi connectivity index (χ4v) is 2.28. The predicted octanol–water partition coefficient (Wildman–Crippen LogP) is 1.64. The van der Waals surface area contributed by atoms with Crippen LogP contribution in [0.4, 0.5) is 0 Å². The van der Waals surface area contributed by atoms with Crippen molar-refractivity contribution in [1.29, 1.82) is 0 Å². The number of phenols is 1. The minimum Gasteiger partial charge on any atom is -0.507 e. The highest BCUT2D eigenvalue weighted by Crippen LogP contribution is 2.22. The summed E-state index contributed by atoms with van der Waals surface area (Å²) >= 11 is 3.24. The number of nitrogens with one attached hydrogen (secondary N) is 2. The molecule has 1 aliphatic heterocycles. The summed E-state index contributed by atoms with van der Waals surface area (Å²) in [4.78, 5) is 11.9. The van der Waals surface area contributed by atoms with E-state index in [4.69, 9.17) is 0 Å². The summed E-state index contributed by atoms with van der Waals surface area (Å²) in [6.07, 6.45) is 2.05. The monoisotopic (exact) mass is 298 g/mol. The van der Waals surface area contributed by atoms with Crippen LogP contribution < -0.4 is 10.6 Å². The van der Waals surface area contributed by atoms with Crippen molar-refractivity contribution in [2.75, 3.05) is 13.1 Å². The summed E-state index contributed by atoms with van der Waals surface area (Å²) < 4.78 is 0.755. The largest absolute Gasteiger partial charge is 0.507 e. The first-order chi connectivity index (χ1) is 8.16. The first-order valence-corrected chi connectivity index (χ1v) is 6.46. The van der Waals surface area contributed by atoms with Crippen LogP contribution >= 0.6 is 15.9 Å². The molecule has 1 heterocycles. The number of benzene rings is 1. The SMILES string of the molecule is O=C(NC1CCCNC1)c1ccc(Br)cc1O. The molecular formula is C12H15BrN2O2. The molecule has 2 rings (SSSR count). The van der Waals surface area contributed by atoms with E-state index in [0.717, 1.165) is 30.4 Å². The van der Waals surface area contributed by atoms with E-state index in [1.54, 1.807) is 12.1 Å². The third-order valence-corrected chi connectivity index (χ3v) is 3.33. The Morgan fingerprint density at radius 3 is 3.00 bits per heavy atom. The normalized spacial score (nSPS) is 19.9. The van der Waals surface area contributed by atoms with E-state index in [1.165, 1.54) is 6.07 Å². The van der Waals surface area contributed by atoms with Crippen LogP contribution in [0, 0.1) is 0 Å². The van der Waals surface area contributed by atoms with Crippen LogP contribution in [0.2, 0.25) is 0 Å². The lowest BCUT2D eigenvalue weighted by atomic mass is 10.1. The number of piperidine rings is 1. The van der Waals surface area contributed by atoms with Gasteiger partial charge in [0, 0.05) is 17.1 Å². The van der Waals surface area contributed by atoms with Crippen LogP contribution in [0.25, 0.3) is 0 Å². The number of halogens is 1. The van der Waals surface area contributed by atoms with Crippen LogP contribution in [-0.4, -0.2) is 30.1 Å². The van der Waals surface area contributed by atoms with Crippen LogP contribution in [-0.2, 0) is 0 Å². The van der Waals surface area contributed by atoms with Crippen LogP contribution in [0.1, 0.15) is 23.2 Å². The Hall–Kier alpha value is -1.07. The summed E-state index contributed by atoms with van der Waals surface area (Å²) in [5.74, 6) is -0.218. The molecule has 1 fully saturated rings. The Morgan fingerprint density at radius 2 is 2.35 bits per heavy atom. The lowest BCUT2D eigenvalue weighted by Crippen LogP contribution is -2.45. The molecule has 1 unspecified atom stereocenters. The Kier molecular flexibility index (Phi) is 4.02. The van der Waals surface area contributed by atoms with E-state index in [9.17, 15) is 9.90 Å². The molecule has 5 heteroatoms. The number of hydrogen-bond acceptors (Lipinski definition) is 3. The number of aromatic hydroxyl groups is 1. The van der Waals surface area contributed by atoms with E-state index >= 15 is 0 Å². The van der Waals surface area contributed by atoms with Gasteiger partial charge in [-0.2, -0.15) is 0 Å². The van der Waals surface area contributed by atoms with Crippen molar-refractivity contribution < 1.29 is 9.90 Å². The Balaban J connectivity index is 2.03. The van der Waals surface area contributed by atoms with Crippen LogP contribution in [0.3, 0.4) is 0 Å². The zero-order valence-corrected chi connectivity index (χ0v) is 11.0. The fraction of sp³-hybridized carbons (Fsp3) is 0.417. The zero-order chi connectivity index (χ0) is 12.3. The molecule has 4 nitrogen and oxygen atoms in total. The Morgan fingerprint density at radius 1 is 1.53 bits per heavy atom. The molecule has 17 heavy (non-hydrogen) atoms. The highest BCUT2D eigenvalue weighted by molar-refractivity contribution is 9.10. The maximum atomic E-state index is 11.9. The third-order valence-electron chi connectivity index (χ3n) is 2.84. The summed E-state index contributed by atoms with van der Waals surface area (Å²) in [6, 6.07) is 5.03. The summed E-state index contributed by atoms with van der Waals surface area (Å²) in [5.41, 5.74) is 0.318. The van der Waals surface area contributed by atoms with Gasteiger partial charge in [-0.25, -0.2) is 0 Å². The van der Waals surface area contributed by atoms with Gasteiger partial charge < -0.3 is 15.7 Å². The molecule has 1 amide bonds. The number of rotatable bonds is 2. The molecule has 0 saturated carbocycles. The molecule has 0 aromatic heterocycles. The molecule has 0 aliphatic carbocycles. The van der Waals surface area contributed by atoms with Gasteiger partial charge in [0.2, 0.25) is 0 Å². The fourth-order valence-electron chi connectivity index (χ4n) is 1.93. The van der Waals surface area contributed by atoms with Crippen LogP contribution in [0.15, 0.2) is 22.7 Å². The zero-order valence-electron chi connectivity index (χ0n) is 9.37. The number of carbonyl (C=O) groups is 1. The molecule has 1 aromatic carbocycles. The standard InChI is InChI=1S/C12H15BrN2O2/c13-8-3-4-10(11(16)6-8)12(17)15-9-2-1-5-14-7-9/h3-4,6,9,14,16H,1-2,5,7H2,(H,15,17). The van der Waals surface area contributed by atoms with E-state index < -0.39 is 0 Å². The van der Waals surface area contributed by atoms with Crippen molar-refractivity contribution in [3.63, 3.8) is 0 Å². The topological polar surface area (TPSA) is 61.4 Å². The predicted molar refractivity (Wildman–Crippen MR) is 69.2 cm³/mol. The molecule has 92 valence electrons. The maximum Gasteiger partial charge on any atom is 0.255 e. The lowest BCUT2D eigenvalue weighted by molar-refractivity contribution is 0.0928. The average molecular weight is 299 g/mol. The average Bonchev–Trinajstić information content (AvgIpc) is 2.30. The van der Waals surface area contributed by atoms with Gasteiger partial charge in [0.05, 0.1) is 5.56 Å². The molecule has 0 radical (unpaired) electrons. The number of phenolic OH excluding ortho intramolecular Hbond substituents is 1. The Bertz CT molecular complexity index is 417. The van der Waals surface area contributed by atoms with Gasteiger partial charge in [0.15, 0.2) is 0 Å². The lowest BCUT2D eigenvalue weighted by Gasteiger charge is -2.23. The van der Waals surface area contributed by atoms with E-state index in [1.807, 2.05) is 0 Å².